The minimum atomic E-state index is -1.15. The van der Waals surface area contributed by atoms with Crippen LogP contribution in [0.5, 0.6) is 0 Å². The molecule has 204 valence electrons. The van der Waals surface area contributed by atoms with Crippen LogP contribution in [0.2, 0.25) is 0 Å². The van der Waals surface area contributed by atoms with Gasteiger partial charge in [-0.2, -0.15) is 4.90 Å². The predicted molar refractivity (Wildman–Crippen MR) is 134 cm³/mol. The Hall–Kier alpha value is -3.80. The third-order valence-electron chi connectivity index (χ3n) is 4.08. The van der Waals surface area contributed by atoms with E-state index >= 15 is 0 Å². The summed E-state index contributed by atoms with van der Waals surface area (Å²) < 4.78 is 11.6. The van der Waals surface area contributed by atoms with E-state index < -0.39 is 35.2 Å². The van der Waals surface area contributed by atoms with Crippen LogP contribution in [0, 0.1) is 4.91 Å². The lowest BCUT2D eigenvalue weighted by molar-refractivity contribution is -0.736. The van der Waals surface area contributed by atoms with E-state index in [4.69, 9.17) is 14.6 Å². The number of carbonyl (C=O) groups is 4. The molecule has 12 nitrogen and oxygen atoms in total. The van der Waals surface area contributed by atoms with Gasteiger partial charge in [0, 0.05) is 36.7 Å². The van der Waals surface area contributed by atoms with E-state index in [2.05, 4.69) is 4.84 Å². The van der Waals surface area contributed by atoms with Crippen molar-refractivity contribution in [2.45, 2.75) is 79.6 Å². The molecule has 0 bridgehead atoms. The third-order valence-corrected chi connectivity index (χ3v) is 4.08. The van der Waals surface area contributed by atoms with Crippen LogP contribution in [0.1, 0.15) is 72.7 Å². The van der Waals surface area contributed by atoms with E-state index in [-0.39, 0.29) is 33.2 Å². The summed E-state index contributed by atoms with van der Waals surface area (Å²) in [5.74, 6) is -1.86. The van der Waals surface area contributed by atoms with Gasteiger partial charge in [-0.05, 0) is 61.5 Å². The van der Waals surface area contributed by atoms with Crippen LogP contribution in [0.3, 0.4) is 0 Å². The van der Waals surface area contributed by atoms with Crippen LogP contribution in [0.15, 0.2) is 24.4 Å². The monoisotopic (exact) mass is 522 g/mol. The maximum Gasteiger partial charge on any atom is 0.424 e. The fraction of sp³-hybridized carbons (Fsp3) is 0.520. The summed E-state index contributed by atoms with van der Waals surface area (Å²) in [6, 6.07) is 4.08. The fourth-order valence-corrected chi connectivity index (χ4v) is 2.85. The number of rotatable bonds is 3. The highest BCUT2D eigenvalue weighted by atomic mass is 16.8. The van der Waals surface area contributed by atoms with Gasteiger partial charge >= 0.3 is 17.9 Å². The highest BCUT2D eigenvalue weighted by Crippen LogP contribution is 2.28. The van der Waals surface area contributed by atoms with Crippen molar-refractivity contribution in [3.05, 3.63) is 34.9 Å². The van der Waals surface area contributed by atoms with Crippen molar-refractivity contribution < 1.29 is 43.5 Å². The highest BCUT2D eigenvalue weighted by molar-refractivity contribution is 6.19. The molecule has 2 rings (SSSR count). The van der Waals surface area contributed by atoms with Gasteiger partial charge in [-0.1, -0.05) is 0 Å². The molecule has 0 saturated carbocycles. The van der Waals surface area contributed by atoms with E-state index in [1.165, 1.54) is 25.3 Å². The second-order valence-corrected chi connectivity index (χ2v) is 10.3. The minimum Gasteiger partial charge on any atom is -0.443 e. The number of imide groups is 3. The Morgan fingerprint density at radius 3 is 1.95 bits per heavy atom. The quantitative estimate of drug-likeness (QED) is 0.567. The zero-order chi connectivity index (χ0) is 28.9. The predicted octanol–water partition coefficient (Wildman–Crippen LogP) is 4.71. The van der Waals surface area contributed by atoms with Gasteiger partial charge in [0.15, 0.2) is 7.11 Å². The Morgan fingerprint density at radius 2 is 1.51 bits per heavy atom. The Kier molecular flexibility index (Phi) is 10.1. The van der Waals surface area contributed by atoms with E-state index in [1.54, 1.807) is 55.4 Å². The second-order valence-electron chi connectivity index (χ2n) is 10.3. The Morgan fingerprint density at radius 1 is 1.00 bits per heavy atom. The average molecular weight is 523 g/mol. The van der Waals surface area contributed by atoms with Gasteiger partial charge in [0.2, 0.25) is 5.91 Å². The number of hydrogen-bond acceptors (Lipinski definition) is 9. The Balaban J connectivity index is 0.00000159. The number of aromatic nitrogens is 1. The lowest BCUT2D eigenvalue weighted by Crippen LogP contribution is -2.43. The van der Waals surface area contributed by atoms with Gasteiger partial charge in [-0.15, -0.1) is 0 Å². The van der Waals surface area contributed by atoms with Crippen molar-refractivity contribution in [2.75, 3.05) is 7.11 Å². The summed E-state index contributed by atoms with van der Waals surface area (Å²) in [4.78, 5) is 67.9. The lowest BCUT2D eigenvalue weighted by atomic mass is 10.1. The number of ether oxygens (including phenoxy) is 2. The standard InChI is InChI=1S/C22H28N3O8.C3H8O/c1-13(26)24(20(29)33-22(5,6)7)18(27)16-12-23(19(28)32-21(2,3)4)17-11-14(25(30)31-8)9-10-15(16)17;1-3(2)4/h9-12H,1-8H3;3-4H,1-2H3/q+1;. The molecule has 0 unspecified atom stereocenters. The number of amides is 3. The first-order chi connectivity index (χ1) is 16.8. The maximum atomic E-state index is 13.3. The van der Waals surface area contributed by atoms with E-state index in [0.717, 1.165) is 17.7 Å². The van der Waals surface area contributed by atoms with Gasteiger partial charge in [-0.3, -0.25) is 14.2 Å². The molecule has 0 atom stereocenters. The van der Waals surface area contributed by atoms with Crippen LogP contribution < -0.4 is 0 Å². The number of hydrogen-bond donors (Lipinski definition) is 1. The van der Waals surface area contributed by atoms with Crippen LogP contribution >= 0.6 is 0 Å². The molecule has 0 aliphatic carbocycles. The first-order valence-corrected chi connectivity index (χ1v) is 11.4. The summed E-state index contributed by atoms with van der Waals surface area (Å²) in [7, 11) is 1.17. The SMILES string of the molecule is CC(C)O.CO[N+](=O)c1ccc2c(C(=O)N(C(C)=O)C(=O)OC(C)(C)C)cn(C(=O)OC(C)(C)C)c2c1. The Labute approximate surface area is 215 Å². The molecule has 1 aromatic heterocycles. The molecule has 0 saturated heterocycles. The topological polar surface area (TPSA) is 144 Å². The summed E-state index contributed by atoms with van der Waals surface area (Å²) in [5, 5.41) is 8.26. The van der Waals surface area contributed by atoms with Crippen LogP contribution in [-0.4, -0.2) is 67.9 Å². The van der Waals surface area contributed by atoms with Crippen molar-refractivity contribution >= 4 is 40.6 Å². The molecule has 0 fully saturated rings. The minimum absolute atomic E-state index is 0.0440. The van der Waals surface area contributed by atoms with Crippen molar-refractivity contribution in [1.82, 2.24) is 9.47 Å². The van der Waals surface area contributed by atoms with Crippen molar-refractivity contribution in [3.63, 3.8) is 0 Å². The van der Waals surface area contributed by atoms with E-state index in [0.29, 0.717) is 4.90 Å². The van der Waals surface area contributed by atoms with E-state index in [1.807, 2.05) is 0 Å². The van der Waals surface area contributed by atoms with Crippen molar-refractivity contribution in [1.29, 1.82) is 0 Å². The molecule has 37 heavy (non-hydrogen) atoms. The lowest BCUT2D eigenvalue weighted by Gasteiger charge is -2.24. The van der Waals surface area contributed by atoms with Crippen LogP contribution in [-0.2, 0) is 19.1 Å². The van der Waals surface area contributed by atoms with Gasteiger partial charge in [-0.25, -0.2) is 14.4 Å². The van der Waals surface area contributed by atoms with Crippen LogP contribution in [0.4, 0.5) is 15.3 Å². The molecule has 2 aromatic rings. The van der Waals surface area contributed by atoms with E-state index in [9.17, 15) is 24.1 Å². The summed E-state index contributed by atoms with van der Waals surface area (Å²) in [5.41, 5.74) is -1.77. The zero-order valence-corrected chi connectivity index (χ0v) is 22.9. The number of benzene rings is 1. The molecular weight excluding hydrogens is 486 g/mol. The normalized spacial score (nSPS) is 11.4. The smallest absolute Gasteiger partial charge is 0.424 e. The van der Waals surface area contributed by atoms with Gasteiger partial charge in [0.1, 0.15) is 11.2 Å². The molecule has 0 aliphatic heterocycles. The molecule has 12 heteroatoms. The molecule has 0 spiro atoms. The van der Waals surface area contributed by atoms with Gasteiger partial charge in [0.05, 0.1) is 16.0 Å². The molecule has 1 heterocycles. The molecule has 0 radical (unpaired) electrons. The first-order valence-electron chi connectivity index (χ1n) is 11.4. The van der Waals surface area contributed by atoms with Crippen molar-refractivity contribution in [2.24, 2.45) is 0 Å². The summed E-state index contributed by atoms with van der Waals surface area (Å²) in [6.07, 6.45) is -1.00. The second kappa shape index (κ2) is 12.0. The number of carbonyl (C=O) groups excluding carboxylic acids is 4. The fourth-order valence-electron chi connectivity index (χ4n) is 2.85. The highest BCUT2D eigenvalue weighted by Gasteiger charge is 2.34. The van der Waals surface area contributed by atoms with Crippen LogP contribution in [0.25, 0.3) is 10.9 Å². The molecule has 1 N–H and O–H groups in total. The maximum absolute atomic E-state index is 13.3. The first kappa shape index (κ1) is 31.2. The molecule has 3 amide bonds. The summed E-state index contributed by atoms with van der Waals surface area (Å²) in [6.45, 7) is 14.3. The largest absolute Gasteiger partial charge is 0.443 e. The summed E-state index contributed by atoms with van der Waals surface area (Å²) >= 11 is 0. The zero-order valence-electron chi connectivity index (χ0n) is 22.9. The number of fused-ring (bicyclic) bond motifs is 1. The molecule has 0 aliphatic rings. The Bertz CT molecular complexity index is 1180. The number of aliphatic hydroxyl groups excluding tert-OH is 1. The number of nitrogens with zero attached hydrogens (tertiary/aromatic N) is 3. The third kappa shape index (κ3) is 8.98. The van der Waals surface area contributed by atoms with Gasteiger partial charge in [0.25, 0.3) is 10.8 Å². The average Bonchev–Trinajstić information content (AvgIpc) is 3.09. The van der Waals surface area contributed by atoms with Gasteiger partial charge < -0.3 is 14.6 Å². The molecular formula is C25H36N3O9+. The molecule has 1 aromatic carbocycles. The van der Waals surface area contributed by atoms with Crippen molar-refractivity contribution in [3.8, 4) is 0 Å². The number of aliphatic hydroxyl groups is 1.